The second-order valence-electron chi connectivity index (χ2n) is 4.58. The lowest BCUT2D eigenvalue weighted by atomic mass is 10.2. The molecule has 0 saturated carbocycles. The Balaban J connectivity index is 0.00000180. The molecule has 102 valence electrons. The molecule has 2 N–H and O–H groups in total. The molecule has 0 aliphatic rings. The van der Waals surface area contributed by atoms with Crippen molar-refractivity contribution in [3.8, 4) is 5.88 Å². The molecular weight excluding hydrogens is 260 g/mol. The van der Waals surface area contributed by atoms with Crippen LogP contribution in [-0.4, -0.2) is 6.10 Å². The molecule has 0 saturated heterocycles. The summed E-state index contributed by atoms with van der Waals surface area (Å²) in [6.07, 6.45) is 2.09. The molecule has 1 aromatic carbocycles. The van der Waals surface area contributed by atoms with Crippen molar-refractivity contribution in [3.63, 3.8) is 0 Å². The van der Waals surface area contributed by atoms with Gasteiger partial charge < -0.3 is 10.5 Å². The molecule has 2 aromatic rings. The van der Waals surface area contributed by atoms with Crippen molar-refractivity contribution in [1.82, 2.24) is 0 Å². The number of nitrogen functional groups attached to an aromatic ring is 1. The summed E-state index contributed by atoms with van der Waals surface area (Å²) in [4.78, 5) is 0. The number of pyridine rings is 1. The summed E-state index contributed by atoms with van der Waals surface area (Å²) in [7, 11) is 0. The van der Waals surface area contributed by atoms with Gasteiger partial charge in [-0.25, -0.2) is 0 Å². The molecule has 0 fully saturated rings. The van der Waals surface area contributed by atoms with Gasteiger partial charge in [0.1, 0.15) is 0 Å². The normalized spacial score (nSPS) is 10.1. The summed E-state index contributed by atoms with van der Waals surface area (Å²) in [5, 5.41) is 0. The number of nitrogens with two attached hydrogens (primary N) is 1. The fourth-order valence-electron chi connectivity index (χ4n) is 1.78. The van der Waals surface area contributed by atoms with Crippen LogP contribution in [0, 0.1) is 0 Å². The number of hydrogen-bond acceptors (Lipinski definition) is 2. The molecule has 0 unspecified atom stereocenters. The predicted molar refractivity (Wildman–Crippen MR) is 79.6 cm³/mol. The molecule has 0 atom stereocenters. The lowest BCUT2D eigenvalue weighted by molar-refractivity contribution is -0.694. The quantitative estimate of drug-likeness (QED) is 0.874. The number of nitrogens with zero attached hydrogens (tertiary/aromatic N) is 1. The van der Waals surface area contributed by atoms with E-state index in [-0.39, 0.29) is 18.5 Å². The number of halogens is 1. The SMILES string of the molecule is CC(C)Oc1cc(N)cc[n+]1Cc1ccccc1.Cl. The first-order valence-electron chi connectivity index (χ1n) is 6.14. The molecule has 3 nitrogen and oxygen atoms in total. The van der Waals surface area contributed by atoms with Crippen LogP contribution in [0.25, 0.3) is 0 Å². The molecular formula is C15H20ClN2O+. The standard InChI is InChI=1S/C15H18N2O.ClH/c1-12(2)18-15-10-14(16)8-9-17(15)11-13-6-4-3-5-7-13;/h3-10,12,16H,11H2,1-2H3;1H/p+1. The van der Waals surface area contributed by atoms with Crippen LogP contribution >= 0.6 is 12.4 Å². The molecule has 0 aliphatic heterocycles. The van der Waals surface area contributed by atoms with E-state index in [1.54, 1.807) is 0 Å². The first-order chi connectivity index (χ1) is 8.65. The number of benzene rings is 1. The lowest BCUT2D eigenvalue weighted by Crippen LogP contribution is -2.37. The van der Waals surface area contributed by atoms with Crippen molar-refractivity contribution in [2.45, 2.75) is 26.5 Å². The summed E-state index contributed by atoms with van der Waals surface area (Å²) >= 11 is 0. The minimum absolute atomic E-state index is 0. The maximum absolute atomic E-state index is 5.80. The Morgan fingerprint density at radius 2 is 1.84 bits per heavy atom. The average molecular weight is 280 g/mol. The van der Waals surface area contributed by atoms with Crippen LogP contribution < -0.4 is 15.0 Å². The second-order valence-corrected chi connectivity index (χ2v) is 4.58. The molecule has 0 amide bonds. The van der Waals surface area contributed by atoms with Gasteiger partial charge in [0, 0.05) is 17.3 Å². The Morgan fingerprint density at radius 1 is 1.16 bits per heavy atom. The smallest absolute Gasteiger partial charge is 0.370 e. The van der Waals surface area contributed by atoms with Gasteiger partial charge in [0.15, 0.2) is 12.7 Å². The fraction of sp³-hybridized carbons (Fsp3) is 0.267. The van der Waals surface area contributed by atoms with E-state index in [4.69, 9.17) is 10.5 Å². The fourth-order valence-corrected chi connectivity index (χ4v) is 1.78. The lowest BCUT2D eigenvalue weighted by Gasteiger charge is -2.09. The third-order valence-electron chi connectivity index (χ3n) is 2.57. The summed E-state index contributed by atoms with van der Waals surface area (Å²) in [6.45, 7) is 4.80. The van der Waals surface area contributed by atoms with Crippen LogP contribution in [0.15, 0.2) is 48.7 Å². The molecule has 19 heavy (non-hydrogen) atoms. The topological polar surface area (TPSA) is 39.1 Å². The minimum Gasteiger partial charge on any atom is -0.442 e. The predicted octanol–water partition coefficient (Wildman–Crippen LogP) is 2.81. The third kappa shape index (κ3) is 4.45. The Bertz CT molecular complexity index is 515. The van der Waals surface area contributed by atoms with Crippen molar-refractivity contribution < 1.29 is 9.30 Å². The Morgan fingerprint density at radius 3 is 2.47 bits per heavy atom. The average Bonchev–Trinajstić information content (AvgIpc) is 2.33. The van der Waals surface area contributed by atoms with Crippen LogP contribution in [0.3, 0.4) is 0 Å². The van der Waals surface area contributed by atoms with Crippen LogP contribution in [0.4, 0.5) is 5.69 Å². The number of rotatable bonds is 4. The molecule has 1 aromatic heterocycles. The van der Waals surface area contributed by atoms with E-state index in [9.17, 15) is 0 Å². The van der Waals surface area contributed by atoms with Crippen molar-refractivity contribution >= 4 is 18.1 Å². The van der Waals surface area contributed by atoms with Gasteiger partial charge in [-0.05, 0) is 13.8 Å². The van der Waals surface area contributed by atoms with E-state index in [0.717, 1.165) is 18.1 Å². The van der Waals surface area contributed by atoms with Gasteiger partial charge in [-0.3, -0.25) is 0 Å². The van der Waals surface area contributed by atoms with Gasteiger partial charge >= 0.3 is 5.88 Å². The van der Waals surface area contributed by atoms with E-state index in [1.165, 1.54) is 5.56 Å². The zero-order chi connectivity index (χ0) is 13.0. The molecule has 0 spiro atoms. The Labute approximate surface area is 120 Å². The van der Waals surface area contributed by atoms with Gasteiger partial charge in [-0.1, -0.05) is 30.3 Å². The number of ether oxygens (including phenoxy) is 1. The zero-order valence-electron chi connectivity index (χ0n) is 11.2. The maximum atomic E-state index is 5.80. The second kappa shape index (κ2) is 7.00. The van der Waals surface area contributed by atoms with E-state index in [2.05, 4.69) is 16.7 Å². The van der Waals surface area contributed by atoms with Crippen molar-refractivity contribution in [2.24, 2.45) is 0 Å². The van der Waals surface area contributed by atoms with Crippen molar-refractivity contribution in [3.05, 3.63) is 54.2 Å². The zero-order valence-corrected chi connectivity index (χ0v) is 12.1. The van der Waals surface area contributed by atoms with Crippen LogP contribution in [-0.2, 0) is 6.54 Å². The van der Waals surface area contributed by atoms with Crippen LogP contribution in [0.1, 0.15) is 19.4 Å². The van der Waals surface area contributed by atoms with Crippen LogP contribution in [0.2, 0.25) is 0 Å². The Hall–Kier alpha value is -1.74. The summed E-state index contributed by atoms with van der Waals surface area (Å²) in [6, 6.07) is 14.0. The maximum Gasteiger partial charge on any atom is 0.370 e. The molecule has 0 radical (unpaired) electrons. The van der Waals surface area contributed by atoms with Gasteiger partial charge in [-0.2, -0.15) is 4.57 Å². The molecule has 4 heteroatoms. The first-order valence-corrected chi connectivity index (χ1v) is 6.14. The van der Waals surface area contributed by atoms with E-state index >= 15 is 0 Å². The highest BCUT2D eigenvalue weighted by Gasteiger charge is 2.14. The van der Waals surface area contributed by atoms with Gasteiger partial charge in [0.05, 0.1) is 12.2 Å². The van der Waals surface area contributed by atoms with Crippen molar-refractivity contribution in [1.29, 1.82) is 0 Å². The van der Waals surface area contributed by atoms with E-state index in [1.807, 2.05) is 50.4 Å². The Kier molecular flexibility index (Phi) is 5.64. The van der Waals surface area contributed by atoms with Crippen molar-refractivity contribution in [2.75, 3.05) is 5.73 Å². The van der Waals surface area contributed by atoms with E-state index in [0.29, 0.717) is 0 Å². The minimum atomic E-state index is 0. The molecule has 0 aliphatic carbocycles. The molecule has 1 heterocycles. The highest BCUT2D eigenvalue weighted by Crippen LogP contribution is 2.12. The largest absolute Gasteiger partial charge is 0.442 e. The van der Waals surface area contributed by atoms with E-state index < -0.39 is 0 Å². The summed E-state index contributed by atoms with van der Waals surface area (Å²) in [5.41, 5.74) is 7.76. The molecule has 0 bridgehead atoms. The number of aromatic nitrogens is 1. The highest BCUT2D eigenvalue weighted by atomic mass is 35.5. The van der Waals surface area contributed by atoms with Gasteiger partial charge in [-0.15, -0.1) is 12.4 Å². The number of anilines is 1. The third-order valence-corrected chi connectivity index (χ3v) is 2.57. The van der Waals surface area contributed by atoms with Crippen LogP contribution in [0.5, 0.6) is 5.88 Å². The summed E-state index contributed by atoms with van der Waals surface area (Å²) < 4.78 is 7.84. The summed E-state index contributed by atoms with van der Waals surface area (Å²) in [5.74, 6) is 0.800. The number of hydrogen-bond donors (Lipinski definition) is 1. The monoisotopic (exact) mass is 279 g/mol. The molecule has 2 rings (SSSR count). The highest BCUT2D eigenvalue weighted by molar-refractivity contribution is 5.85. The first kappa shape index (κ1) is 15.3. The van der Waals surface area contributed by atoms with Gasteiger partial charge in [0.2, 0.25) is 0 Å². The van der Waals surface area contributed by atoms with Gasteiger partial charge in [0.25, 0.3) is 0 Å².